The van der Waals surface area contributed by atoms with E-state index in [1.165, 1.54) is 24.0 Å². The van der Waals surface area contributed by atoms with Crippen LogP contribution in [-0.2, 0) is 17.7 Å². The Bertz CT molecular complexity index is 1030. The molecule has 0 radical (unpaired) electrons. The molecule has 1 fully saturated rings. The number of methoxy groups -OCH3 is 1. The molecular weight excluding hydrogens is 428 g/mol. The van der Waals surface area contributed by atoms with E-state index in [0.29, 0.717) is 11.1 Å². The van der Waals surface area contributed by atoms with Crippen molar-refractivity contribution in [2.75, 3.05) is 20.3 Å². The molecule has 0 unspecified atom stereocenters. The number of benzene rings is 2. The summed E-state index contributed by atoms with van der Waals surface area (Å²) in [6.45, 7) is 7.01. The van der Waals surface area contributed by atoms with Crippen LogP contribution in [0.4, 0.5) is 0 Å². The van der Waals surface area contributed by atoms with Crippen LogP contribution in [0.2, 0.25) is 5.02 Å². The fourth-order valence-electron chi connectivity index (χ4n) is 4.04. The van der Waals surface area contributed by atoms with Crippen molar-refractivity contribution in [3.05, 3.63) is 101 Å². The number of rotatable bonds is 9. The molecule has 0 amide bonds. The van der Waals surface area contributed by atoms with Gasteiger partial charge in [-0.1, -0.05) is 72.5 Å². The molecule has 4 heteroatoms. The minimum atomic E-state index is 0.551. The molecule has 0 aromatic heterocycles. The molecule has 2 aromatic rings. The van der Waals surface area contributed by atoms with Gasteiger partial charge in [-0.05, 0) is 66.3 Å². The maximum absolute atomic E-state index is 5.95. The standard InChI is InChI=1S/C29H33ClN2O/c1-23(9-14-27(20-31)26-15-17-28(30)18-16-26)6-3-4-7-24-10-12-25(13-11-24)21-32-19-5-8-29(32)22-33-2/h9-18,20,29H,1,4-5,7-8,19,21-22,31H2,2H3/b14-9-,27-20+/t29-/m0/s1. The molecule has 1 atom stereocenters. The molecule has 0 spiro atoms. The first-order chi connectivity index (χ1) is 16.1. The van der Waals surface area contributed by atoms with Crippen LogP contribution in [0.25, 0.3) is 5.57 Å². The second kappa shape index (κ2) is 13.1. The van der Waals surface area contributed by atoms with Gasteiger partial charge in [0.25, 0.3) is 0 Å². The molecule has 33 heavy (non-hydrogen) atoms. The molecule has 0 saturated carbocycles. The highest BCUT2D eigenvalue weighted by Crippen LogP contribution is 2.21. The molecule has 3 nitrogen and oxygen atoms in total. The van der Waals surface area contributed by atoms with E-state index < -0.39 is 0 Å². The Labute approximate surface area is 203 Å². The molecule has 2 aromatic carbocycles. The van der Waals surface area contributed by atoms with Crippen molar-refractivity contribution in [1.29, 1.82) is 0 Å². The van der Waals surface area contributed by atoms with Gasteiger partial charge in [-0.2, -0.15) is 0 Å². The van der Waals surface area contributed by atoms with E-state index in [4.69, 9.17) is 22.1 Å². The van der Waals surface area contributed by atoms with Gasteiger partial charge in [0.1, 0.15) is 0 Å². The summed E-state index contributed by atoms with van der Waals surface area (Å²) in [5.41, 5.74) is 11.1. The zero-order valence-electron chi connectivity index (χ0n) is 19.4. The van der Waals surface area contributed by atoms with Crippen LogP contribution in [0.3, 0.4) is 0 Å². The van der Waals surface area contributed by atoms with Crippen LogP contribution in [0.15, 0.2) is 79.0 Å². The van der Waals surface area contributed by atoms with Gasteiger partial charge in [0.05, 0.1) is 6.61 Å². The van der Waals surface area contributed by atoms with Gasteiger partial charge in [-0.3, -0.25) is 4.90 Å². The first kappa shape index (κ1) is 24.9. The maximum Gasteiger partial charge on any atom is 0.0618 e. The van der Waals surface area contributed by atoms with Gasteiger partial charge >= 0.3 is 0 Å². The Morgan fingerprint density at radius 3 is 2.58 bits per heavy atom. The largest absolute Gasteiger partial charge is 0.404 e. The van der Waals surface area contributed by atoms with Crippen molar-refractivity contribution in [2.24, 2.45) is 5.73 Å². The summed E-state index contributed by atoms with van der Waals surface area (Å²) in [6, 6.07) is 17.0. The third kappa shape index (κ3) is 7.94. The van der Waals surface area contributed by atoms with Crippen LogP contribution in [0.5, 0.6) is 0 Å². The number of nitrogens with two attached hydrogens (primary N) is 1. The minimum absolute atomic E-state index is 0.551. The summed E-state index contributed by atoms with van der Waals surface area (Å²) in [5.74, 6) is 6.36. The number of hydrogen-bond acceptors (Lipinski definition) is 3. The van der Waals surface area contributed by atoms with Crippen molar-refractivity contribution >= 4 is 17.2 Å². The number of halogens is 1. The highest BCUT2D eigenvalue weighted by atomic mass is 35.5. The lowest BCUT2D eigenvalue weighted by Gasteiger charge is -2.23. The van der Waals surface area contributed by atoms with E-state index in [0.717, 1.165) is 49.2 Å². The van der Waals surface area contributed by atoms with E-state index in [1.807, 2.05) is 36.4 Å². The van der Waals surface area contributed by atoms with Crippen LogP contribution >= 0.6 is 11.6 Å². The number of likely N-dealkylation sites (tertiary alicyclic amines) is 1. The SMILES string of the molecule is C=C(C#CCCc1ccc(CN2CCC[C@H]2COC)cc1)/C=C\C(=C/N)c1ccc(Cl)cc1. The Kier molecular flexibility index (Phi) is 9.84. The quantitative estimate of drug-likeness (QED) is 0.368. The second-order valence-electron chi connectivity index (χ2n) is 8.33. The van der Waals surface area contributed by atoms with E-state index in [1.54, 1.807) is 13.3 Å². The van der Waals surface area contributed by atoms with Crippen LogP contribution in [0.1, 0.15) is 36.0 Å². The van der Waals surface area contributed by atoms with E-state index in [-0.39, 0.29) is 0 Å². The van der Waals surface area contributed by atoms with Gasteiger partial charge in [0, 0.05) is 42.9 Å². The summed E-state index contributed by atoms with van der Waals surface area (Å²) in [6.07, 6.45) is 9.61. The molecule has 0 aliphatic carbocycles. The summed E-state index contributed by atoms with van der Waals surface area (Å²) in [4.78, 5) is 2.53. The fourth-order valence-corrected chi connectivity index (χ4v) is 4.16. The van der Waals surface area contributed by atoms with E-state index in [9.17, 15) is 0 Å². The lowest BCUT2D eigenvalue weighted by Crippen LogP contribution is -2.32. The second-order valence-corrected chi connectivity index (χ2v) is 8.76. The zero-order chi connectivity index (χ0) is 23.5. The summed E-state index contributed by atoms with van der Waals surface area (Å²) < 4.78 is 5.36. The van der Waals surface area contributed by atoms with Crippen molar-refractivity contribution < 1.29 is 4.74 Å². The van der Waals surface area contributed by atoms with Gasteiger partial charge < -0.3 is 10.5 Å². The average molecular weight is 461 g/mol. The van der Waals surface area contributed by atoms with Crippen molar-refractivity contribution in [2.45, 2.75) is 38.3 Å². The normalized spacial score (nSPS) is 16.7. The molecular formula is C29H33ClN2O. The number of aryl methyl sites for hydroxylation is 1. The molecule has 1 aliphatic heterocycles. The Hall–Kier alpha value is -2.77. The first-order valence-corrected chi connectivity index (χ1v) is 11.8. The highest BCUT2D eigenvalue weighted by Gasteiger charge is 2.24. The molecule has 2 N–H and O–H groups in total. The summed E-state index contributed by atoms with van der Waals surface area (Å²) in [5, 5.41) is 0.700. The van der Waals surface area contributed by atoms with Crippen molar-refractivity contribution in [3.8, 4) is 11.8 Å². The Balaban J connectivity index is 1.45. The maximum atomic E-state index is 5.95. The molecule has 1 saturated heterocycles. The van der Waals surface area contributed by atoms with E-state index in [2.05, 4.69) is 47.6 Å². The Morgan fingerprint density at radius 2 is 1.88 bits per heavy atom. The predicted octanol–water partition coefficient (Wildman–Crippen LogP) is 6.00. The third-order valence-electron chi connectivity index (χ3n) is 5.88. The first-order valence-electron chi connectivity index (χ1n) is 11.4. The number of nitrogens with zero attached hydrogens (tertiary/aromatic N) is 1. The van der Waals surface area contributed by atoms with Crippen molar-refractivity contribution in [1.82, 2.24) is 4.90 Å². The molecule has 172 valence electrons. The fraction of sp³-hybridized carbons (Fsp3) is 0.310. The monoisotopic (exact) mass is 460 g/mol. The minimum Gasteiger partial charge on any atom is -0.404 e. The third-order valence-corrected chi connectivity index (χ3v) is 6.13. The average Bonchev–Trinajstić information content (AvgIpc) is 3.26. The summed E-state index contributed by atoms with van der Waals surface area (Å²) >= 11 is 5.95. The highest BCUT2D eigenvalue weighted by molar-refractivity contribution is 6.30. The van der Waals surface area contributed by atoms with Crippen LogP contribution < -0.4 is 5.73 Å². The van der Waals surface area contributed by atoms with Crippen LogP contribution in [0, 0.1) is 11.8 Å². The lowest BCUT2D eigenvalue weighted by atomic mass is 10.1. The number of allylic oxidation sites excluding steroid dienone is 4. The lowest BCUT2D eigenvalue weighted by molar-refractivity contribution is 0.112. The number of ether oxygens (including phenoxy) is 1. The molecule has 1 heterocycles. The van der Waals surface area contributed by atoms with E-state index >= 15 is 0 Å². The smallest absolute Gasteiger partial charge is 0.0618 e. The topological polar surface area (TPSA) is 38.5 Å². The van der Waals surface area contributed by atoms with Gasteiger partial charge in [0.2, 0.25) is 0 Å². The predicted molar refractivity (Wildman–Crippen MR) is 140 cm³/mol. The molecule has 0 bridgehead atoms. The Morgan fingerprint density at radius 1 is 1.15 bits per heavy atom. The number of hydrogen-bond donors (Lipinski definition) is 1. The van der Waals surface area contributed by atoms with Gasteiger partial charge in [-0.15, -0.1) is 0 Å². The molecule has 3 rings (SSSR count). The van der Waals surface area contributed by atoms with Gasteiger partial charge in [0.15, 0.2) is 0 Å². The van der Waals surface area contributed by atoms with Crippen LogP contribution in [-0.4, -0.2) is 31.2 Å². The molecule has 1 aliphatic rings. The van der Waals surface area contributed by atoms with Crippen molar-refractivity contribution in [3.63, 3.8) is 0 Å². The zero-order valence-corrected chi connectivity index (χ0v) is 20.2. The van der Waals surface area contributed by atoms with Gasteiger partial charge in [-0.25, -0.2) is 0 Å². The summed E-state index contributed by atoms with van der Waals surface area (Å²) in [7, 11) is 1.79.